The highest BCUT2D eigenvalue weighted by atomic mass is 35.5. The fraction of sp³-hybridized carbons (Fsp3) is 0. The molecule has 0 saturated heterocycles. The standard InChI is InChI=1S/C8H8N4O.ClH/c9-8(13)7-4-6-5-10-2-1-3-12(6)11-7;/h1-5,11H,(H2,9,13);1H. The molecule has 74 valence electrons. The van der Waals surface area contributed by atoms with Crippen LogP contribution in [0.1, 0.15) is 0 Å². The number of hydrogen-bond donors (Lipinski definition) is 2. The van der Waals surface area contributed by atoms with Crippen LogP contribution in [0.5, 0.6) is 0 Å². The molecule has 14 heavy (non-hydrogen) atoms. The quantitative estimate of drug-likeness (QED) is 0.645. The van der Waals surface area contributed by atoms with Gasteiger partial charge in [-0.05, 0) is 12.2 Å². The molecule has 3 N–H and O–H groups in total. The minimum Gasteiger partial charge on any atom is -0.364 e. The zero-order chi connectivity index (χ0) is 9.26. The van der Waals surface area contributed by atoms with E-state index in [4.69, 9.17) is 5.73 Å². The number of carbonyl (C=O) groups is 1. The van der Waals surface area contributed by atoms with Crippen LogP contribution >= 0.6 is 12.4 Å². The molecule has 0 fully saturated rings. The Hall–Kier alpha value is -1.75. The van der Waals surface area contributed by atoms with E-state index in [0.29, 0.717) is 5.70 Å². The lowest BCUT2D eigenvalue weighted by Crippen LogP contribution is -2.31. The second-order valence-electron chi connectivity index (χ2n) is 2.60. The maximum Gasteiger partial charge on any atom is 0.266 e. The number of rotatable bonds is 1. The predicted octanol–water partition coefficient (Wildman–Crippen LogP) is 0.0371. The molecular formula is C8H9ClN4O. The monoisotopic (exact) mass is 212 g/mol. The Morgan fingerprint density at radius 1 is 1.57 bits per heavy atom. The number of halogens is 1. The topological polar surface area (TPSA) is 70.7 Å². The van der Waals surface area contributed by atoms with Gasteiger partial charge in [0.1, 0.15) is 5.70 Å². The van der Waals surface area contributed by atoms with Gasteiger partial charge < -0.3 is 5.73 Å². The van der Waals surface area contributed by atoms with Gasteiger partial charge in [-0.3, -0.25) is 20.2 Å². The van der Waals surface area contributed by atoms with Crippen molar-refractivity contribution in [3.05, 3.63) is 35.9 Å². The molecule has 0 bridgehead atoms. The van der Waals surface area contributed by atoms with Crippen molar-refractivity contribution < 1.29 is 4.79 Å². The van der Waals surface area contributed by atoms with Gasteiger partial charge in [0.15, 0.2) is 0 Å². The van der Waals surface area contributed by atoms with E-state index in [1.807, 2.05) is 0 Å². The number of nitrogens with one attached hydrogen (secondary N) is 1. The molecule has 0 aromatic rings. The van der Waals surface area contributed by atoms with Crippen molar-refractivity contribution in [3.63, 3.8) is 0 Å². The van der Waals surface area contributed by atoms with Crippen molar-refractivity contribution in [2.24, 2.45) is 10.7 Å². The molecule has 0 atom stereocenters. The molecule has 0 saturated carbocycles. The number of amides is 1. The van der Waals surface area contributed by atoms with Crippen LogP contribution in [0.25, 0.3) is 0 Å². The van der Waals surface area contributed by atoms with Crippen LogP contribution in [0.3, 0.4) is 0 Å². The average Bonchev–Trinajstić information content (AvgIpc) is 2.38. The summed E-state index contributed by atoms with van der Waals surface area (Å²) < 4.78 is 0. The lowest BCUT2D eigenvalue weighted by atomic mass is 10.3. The van der Waals surface area contributed by atoms with Gasteiger partial charge in [-0.25, -0.2) is 0 Å². The molecule has 2 aliphatic rings. The summed E-state index contributed by atoms with van der Waals surface area (Å²) in [6.45, 7) is 0. The molecule has 2 rings (SSSR count). The number of carbonyl (C=O) groups excluding carboxylic acids is 1. The van der Waals surface area contributed by atoms with E-state index in [2.05, 4.69) is 10.4 Å². The third-order valence-corrected chi connectivity index (χ3v) is 1.69. The third kappa shape index (κ3) is 1.77. The highest BCUT2D eigenvalue weighted by Gasteiger charge is 2.19. The molecule has 6 heteroatoms. The Kier molecular flexibility index (Phi) is 2.93. The van der Waals surface area contributed by atoms with Crippen molar-refractivity contribution in [3.8, 4) is 0 Å². The van der Waals surface area contributed by atoms with Crippen LogP contribution in [-0.2, 0) is 4.79 Å². The van der Waals surface area contributed by atoms with E-state index < -0.39 is 5.91 Å². The van der Waals surface area contributed by atoms with Gasteiger partial charge >= 0.3 is 0 Å². The van der Waals surface area contributed by atoms with Gasteiger partial charge in [0.2, 0.25) is 0 Å². The first-order chi connectivity index (χ1) is 6.27. The van der Waals surface area contributed by atoms with Crippen LogP contribution in [0.2, 0.25) is 0 Å². The Morgan fingerprint density at radius 2 is 2.36 bits per heavy atom. The summed E-state index contributed by atoms with van der Waals surface area (Å²) in [6.07, 6.45) is 8.46. The Balaban J connectivity index is 0.000000980. The number of nitrogens with two attached hydrogens (primary N) is 1. The summed E-state index contributed by atoms with van der Waals surface area (Å²) in [5.74, 6) is -0.480. The van der Waals surface area contributed by atoms with Crippen LogP contribution in [0.4, 0.5) is 0 Å². The fourth-order valence-corrected chi connectivity index (χ4v) is 1.09. The molecule has 0 spiro atoms. The van der Waals surface area contributed by atoms with Crippen molar-refractivity contribution >= 4 is 24.5 Å². The number of nitrogens with zero attached hydrogens (tertiary/aromatic N) is 2. The third-order valence-electron chi connectivity index (χ3n) is 1.69. The molecule has 0 aromatic heterocycles. The lowest BCUT2D eigenvalue weighted by Gasteiger charge is -2.14. The Morgan fingerprint density at radius 3 is 3.07 bits per heavy atom. The van der Waals surface area contributed by atoms with E-state index >= 15 is 0 Å². The largest absolute Gasteiger partial charge is 0.364 e. The predicted molar refractivity (Wildman–Crippen MR) is 55.2 cm³/mol. The highest BCUT2D eigenvalue weighted by molar-refractivity contribution is 5.92. The van der Waals surface area contributed by atoms with Crippen molar-refractivity contribution in [1.29, 1.82) is 0 Å². The number of allylic oxidation sites excluding steroid dienone is 2. The van der Waals surface area contributed by atoms with Crippen LogP contribution in [0, 0.1) is 0 Å². The summed E-state index contributed by atoms with van der Waals surface area (Å²) in [5.41, 5.74) is 9.08. The van der Waals surface area contributed by atoms with Gasteiger partial charge in [0.25, 0.3) is 5.91 Å². The molecule has 0 aliphatic carbocycles. The van der Waals surface area contributed by atoms with Crippen LogP contribution in [-0.4, -0.2) is 17.1 Å². The van der Waals surface area contributed by atoms with Gasteiger partial charge in [0, 0.05) is 12.4 Å². The summed E-state index contributed by atoms with van der Waals surface area (Å²) in [4.78, 5) is 14.8. The lowest BCUT2D eigenvalue weighted by molar-refractivity contribution is -0.115. The second kappa shape index (κ2) is 3.97. The van der Waals surface area contributed by atoms with Crippen molar-refractivity contribution in [2.75, 3.05) is 0 Å². The Bertz CT molecular complexity index is 370. The SMILES string of the molecule is Cl.NC(=O)C1=CC2=CN=CC=CN2N1. The summed E-state index contributed by atoms with van der Waals surface area (Å²) in [5, 5.41) is 1.67. The summed E-state index contributed by atoms with van der Waals surface area (Å²) in [6, 6.07) is 0. The van der Waals surface area contributed by atoms with Crippen molar-refractivity contribution in [2.45, 2.75) is 0 Å². The molecule has 2 heterocycles. The van der Waals surface area contributed by atoms with E-state index in [0.717, 1.165) is 5.70 Å². The second-order valence-corrected chi connectivity index (χ2v) is 2.60. The maximum atomic E-state index is 10.8. The first kappa shape index (κ1) is 10.3. The minimum absolute atomic E-state index is 0. The number of hydrazine groups is 1. The van der Waals surface area contributed by atoms with E-state index in [-0.39, 0.29) is 12.4 Å². The van der Waals surface area contributed by atoms with Gasteiger partial charge in [-0.2, -0.15) is 0 Å². The summed E-state index contributed by atoms with van der Waals surface area (Å²) in [7, 11) is 0. The van der Waals surface area contributed by atoms with E-state index in [1.54, 1.807) is 35.8 Å². The molecule has 0 radical (unpaired) electrons. The molecule has 1 amide bonds. The summed E-state index contributed by atoms with van der Waals surface area (Å²) >= 11 is 0. The number of primary amides is 1. The van der Waals surface area contributed by atoms with Gasteiger partial charge in [-0.15, -0.1) is 12.4 Å². The van der Waals surface area contributed by atoms with Gasteiger partial charge in [0.05, 0.1) is 11.9 Å². The highest BCUT2D eigenvalue weighted by Crippen LogP contribution is 2.16. The molecule has 0 unspecified atom stereocenters. The van der Waals surface area contributed by atoms with Crippen LogP contribution < -0.4 is 11.2 Å². The molecule has 5 nitrogen and oxygen atoms in total. The van der Waals surface area contributed by atoms with E-state index in [9.17, 15) is 4.79 Å². The van der Waals surface area contributed by atoms with Crippen LogP contribution in [0.15, 0.2) is 40.9 Å². The zero-order valence-corrected chi connectivity index (χ0v) is 7.99. The van der Waals surface area contributed by atoms with Crippen molar-refractivity contribution in [1.82, 2.24) is 10.4 Å². The Labute approximate surface area is 87.0 Å². The smallest absolute Gasteiger partial charge is 0.266 e. The van der Waals surface area contributed by atoms with E-state index in [1.165, 1.54) is 0 Å². The number of fused-ring (bicyclic) bond motifs is 1. The molecule has 0 aromatic carbocycles. The first-order valence-electron chi connectivity index (χ1n) is 3.75. The maximum absolute atomic E-state index is 10.8. The fourth-order valence-electron chi connectivity index (χ4n) is 1.09. The van der Waals surface area contributed by atoms with Gasteiger partial charge in [-0.1, -0.05) is 0 Å². The first-order valence-corrected chi connectivity index (χ1v) is 3.75. The minimum atomic E-state index is -0.480. The molecule has 2 aliphatic heterocycles. The number of hydrogen-bond acceptors (Lipinski definition) is 4. The average molecular weight is 213 g/mol. The zero-order valence-electron chi connectivity index (χ0n) is 7.18. The number of aliphatic imine (C=N–C) groups is 1. The normalized spacial score (nSPS) is 17.3. The molecular weight excluding hydrogens is 204 g/mol.